The molecule has 1 saturated heterocycles. The van der Waals surface area contributed by atoms with Crippen molar-refractivity contribution in [3.63, 3.8) is 0 Å². The van der Waals surface area contributed by atoms with E-state index < -0.39 is 5.91 Å². The standard InChI is InChI=1S/C27H31N7O3S/c1-17-21(13-19(14-29-17)25(36)28-10-12-33-11-4-9-27(33,2)3)30-26(37)24-22-7-5-18(15-34(22)32-31-24)23-8-6-20(16-35)38-23/h5-8,13-15,35H,4,9-12,16H2,1-3H3,(H,28,36)(H,30,37). The Hall–Kier alpha value is -3.67. The number of likely N-dealkylation sites (tertiary alicyclic amines) is 1. The molecule has 11 heteroatoms. The third kappa shape index (κ3) is 5.31. The van der Waals surface area contributed by atoms with Gasteiger partial charge in [0.15, 0.2) is 5.69 Å². The minimum absolute atomic E-state index is 0.00532. The van der Waals surface area contributed by atoms with Gasteiger partial charge in [-0.3, -0.25) is 19.5 Å². The number of aryl methyl sites for hydroxylation is 1. The number of anilines is 1. The number of pyridine rings is 2. The average Bonchev–Trinajstić information content (AvgIpc) is 3.63. The summed E-state index contributed by atoms with van der Waals surface area (Å²) in [4.78, 5) is 34.5. The van der Waals surface area contributed by atoms with Crippen molar-refractivity contribution in [3.8, 4) is 10.4 Å². The van der Waals surface area contributed by atoms with Crippen molar-refractivity contribution in [2.45, 2.75) is 45.8 Å². The third-order valence-corrected chi connectivity index (χ3v) is 8.19. The summed E-state index contributed by atoms with van der Waals surface area (Å²) in [5.41, 5.74) is 3.19. The van der Waals surface area contributed by atoms with Gasteiger partial charge < -0.3 is 15.7 Å². The molecule has 5 rings (SSSR count). The number of carbonyl (C=O) groups is 2. The summed E-state index contributed by atoms with van der Waals surface area (Å²) in [7, 11) is 0. The topological polar surface area (TPSA) is 125 Å². The Bertz CT molecular complexity index is 1490. The van der Waals surface area contributed by atoms with E-state index in [1.54, 1.807) is 29.8 Å². The number of carbonyl (C=O) groups excluding carboxylic acids is 2. The molecule has 0 aromatic carbocycles. The molecular formula is C27H31N7O3S. The molecule has 38 heavy (non-hydrogen) atoms. The van der Waals surface area contributed by atoms with Gasteiger partial charge in [-0.15, -0.1) is 16.4 Å². The monoisotopic (exact) mass is 533 g/mol. The highest BCUT2D eigenvalue weighted by Gasteiger charge is 2.31. The fraction of sp³-hybridized carbons (Fsp3) is 0.370. The average molecular weight is 534 g/mol. The van der Waals surface area contributed by atoms with Crippen LogP contribution in [-0.2, 0) is 6.61 Å². The zero-order chi connectivity index (χ0) is 26.9. The van der Waals surface area contributed by atoms with Crippen LogP contribution < -0.4 is 10.6 Å². The van der Waals surface area contributed by atoms with E-state index in [1.165, 1.54) is 24.0 Å². The number of hydrogen-bond acceptors (Lipinski definition) is 8. The molecule has 198 valence electrons. The van der Waals surface area contributed by atoms with E-state index in [9.17, 15) is 14.7 Å². The predicted octanol–water partition coefficient (Wildman–Crippen LogP) is 3.51. The second-order valence-electron chi connectivity index (χ2n) is 10.1. The highest BCUT2D eigenvalue weighted by Crippen LogP contribution is 2.29. The Morgan fingerprint density at radius 1 is 1.18 bits per heavy atom. The number of aliphatic hydroxyl groups is 1. The van der Waals surface area contributed by atoms with E-state index in [4.69, 9.17) is 0 Å². The van der Waals surface area contributed by atoms with Crippen LogP contribution >= 0.6 is 11.3 Å². The molecule has 0 unspecified atom stereocenters. The van der Waals surface area contributed by atoms with Gasteiger partial charge in [-0.2, -0.15) is 0 Å². The van der Waals surface area contributed by atoms with Crippen molar-refractivity contribution in [3.05, 3.63) is 64.6 Å². The molecule has 0 saturated carbocycles. The van der Waals surface area contributed by atoms with Gasteiger partial charge in [0.1, 0.15) is 0 Å². The van der Waals surface area contributed by atoms with Crippen molar-refractivity contribution in [2.75, 3.05) is 25.0 Å². The summed E-state index contributed by atoms with van der Waals surface area (Å²) < 4.78 is 1.55. The number of nitrogens with zero attached hydrogens (tertiary/aromatic N) is 5. The van der Waals surface area contributed by atoms with E-state index in [0.29, 0.717) is 29.0 Å². The first-order valence-electron chi connectivity index (χ1n) is 12.6. The maximum absolute atomic E-state index is 13.1. The molecule has 4 aromatic rings. The number of amides is 2. The molecule has 0 radical (unpaired) electrons. The molecule has 1 aliphatic heterocycles. The van der Waals surface area contributed by atoms with Gasteiger partial charge in [0.25, 0.3) is 11.8 Å². The number of aromatic nitrogens is 4. The van der Waals surface area contributed by atoms with Crippen molar-refractivity contribution >= 4 is 34.4 Å². The van der Waals surface area contributed by atoms with Crippen LogP contribution in [0.5, 0.6) is 0 Å². The highest BCUT2D eigenvalue weighted by molar-refractivity contribution is 7.15. The Kier molecular flexibility index (Phi) is 7.24. The predicted molar refractivity (Wildman–Crippen MR) is 146 cm³/mol. The normalized spacial score (nSPS) is 15.2. The number of thiophene rings is 1. The number of aliphatic hydroxyl groups excluding tert-OH is 1. The SMILES string of the molecule is Cc1ncc(C(=O)NCCN2CCCC2(C)C)cc1NC(=O)c1nnn2cc(-c3ccc(CO)s3)ccc12. The number of rotatable bonds is 8. The van der Waals surface area contributed by atoms with E-state index in [2.05, 4.69) is 44.7 Å². The molecule has 1 fully saturated rings. The number of nitrogens with one attached hydrogen (secondary N) is 2. The van der Waals surface area contributed by atoms with Crippen LogP contribution in [0.4, 0.5) is 5.69 Å². The summed E-state index contributed by atoms with van der Waals surface area (Å²) in [5, 5.41) is 23.3. The van der Waals surface area contributed by atoms with E-state index in [-0.39, 0.29) is 23.7 Å². The van der Waals surface area contributed by atoms with Crippen LogP contribution in [0.15, 0.2) is 42.7 Å². The maximum Gasteiger partial charge on any atom is 0.278 e. The quantitative estimate of drug-likeness (QED) is 0.317. The van der Waals surface area contributed by atoms with E-state index >= 15 is 0 Å². The fourth-order valence-electron chi connectivity index (χ4n) is 4.77. The van der Waals surface area contributed by atoms with Crippen LogP contribution in [0.3, 0.4) is 0 Å². The molecule has 1 aliphatic rings. The number of fused-ring (bicyclic) bond motifs is 1. The Morgan fingerprint density at radius 3 is 2.76 bits per heavy atom. The molecule has 4 aromatic heterocycles. The van der Waals surface area contributed by atoms with Gasteiger partial charge >= 0.3 is 0 Å². The third-order valence-electron chi connectivity index (χ3n) is 7.07. The molecule has 0 atom stereocenters. The van der Waals surface area contributed by atoms with Crippen LogP contribution in [0.25, 0.3) is 16.0 Å². The molecule has 10 nitrogen and oxygen atoms in total. The first kappa shape index (κ1) is 26.0. The van der Waals surface area contributed by atoms with Crippen LogP contribution in [0, 0.1) is 6.92 Å². The lowest BCUT2D eigenvalue weighted by Gasteiger charge is -2.31. The molecule has 5 heterocycles. The Morgan fingerprint density at radius 2 is 2.03 bits per heavy atom. The van der Waals surface area contributed by atoms with Crippen molar-refractivity contribution < 1.29 is 14.7 Å². The molecule has 2 amide bonds. The van der Waals surface area contributed by atoms with Crippen LogP contribution in [-0.4, -0.2) is 66.8 Å². The molecule has 0 spiro atoms. The van der Waals surface area contributed by atoms with Gasteiger partial charge in [-0.05, 0) is 70.5 Å². The Labute approximate surface area is 224 Å². The van der Waals surface area contributed by atoms with Crippen LogP contribution in [0.2, 0.25) is 0 Å². The van der Waals surface area contributed by atoms with Crippen molar-refractivity contribution in [2.24, 2.45) is 0 Å². The second kappa shape index (κ2) is 10.6. The minimum Gasteiger partial charge on any atom is -0.391 e. The molecule has 0 bridgehead atoms. The lowest BCUT2D eigenvalue weighted by molar-refractivity contribution is 0.0938. The summed E-state index contributed by atoms with van der Waals surface area (Å²) in [6.45, 7) is 8.60. The summed E-state index contributed by atoms with van der Waals surface area (Å²) in [6.07, 6.45) is 5.65. The van der Waals surface area contributed by atoms with Gasteiger partial charge in [0.2, 0.25) is 0 Å². The Balaban J connectivity index is 1.26. The molecule has 0 aliphatic carbocycles. The van der Waals surface area contributed by atoms with Gasteiger partial charge in [0, 0.05) is 46.3 Å². The lowest BCUT2D eigenvalue weighted by Crippen LogP contribution is -2.43. The first-order chi connectivity index (χ1) is 18.2. The zero-order valence-electron chi connectivity index (χ0n) is 21.7. The fourth-order valence-corrected chi connectivity index (χ4v) is 5.63. The summed E-state index contributed by atoms with van der Waals surface area (Å²) in [5.74, 6) is -0.672. The summed E-state index contributed by atoms with van der Waals surface area (Å²) in [6, 6.07) is 9.13. The van der Waals surface area contributed by atoms with Crippen LogP contribution in [0.1, 0.15) is 58.1 Å². The highest BCUT2D eigenvalue weighted by atomic mass is 32.1. The van der Waals surface area contributed by atoms with Crippen molar-refractivity contribution in [1.82, 2.24) is 30.0 Å². The summed E-state index contributed by atoms with van der Waals surface area (Å²) >= 11 is 1.49. The van der Waals surface area contributed by atoms with Gasteiger partial charge in [-0.1, -0.05) is 5.21 Å². The molecule has 3 N–H and O–H groups in total. The lowest BCUT2D eigenvalue weighted by atomic mass is 10.0. The number of hydrogen-bond donors (Lipinski definition) is 3. The second-order valence-corrected chi connectivity index (χ2v) is 11.2. The maximum atomic E-state index is 13.1. The minimum atomic E-state index is -0.440. The van der Waals surface area contributed by atoms with Gasteiger partial charge in [0.05, 0.1) is 29.1 Å². The first-order valence-corrected chi connectivity index (χ1v) is 13.4. The smallest absolute Gasteiger partial charge is 0.278 e. The molecular weight excluding hydrogens is 502 g/mol. The van der Waals surface area contributed by atoms with Crippen molar-refractivity contribution in [1.29, 1.82) is 0 Å². The van der Waals surface area contributed by atoms with E-state index in [1.807, 2.05) is 18.2 Å². The zero-order valence-corrected chi connectivity index (χ0v) is 22.5. The van der Waals surface area contributed by atoms with E-state index in [0.717, 1.165) is 34.8 Å². The largest absolute Gasteiger partial charge is 0.391 e. The van der Waals surface area contributed by atoms with Gasteiger partial charge in [-0.25, -0.2) is 4.52 Å².